The summed E-state index contributed by atoms with van der Waals surface area (Å²) < 4.78 is 1.77. The third-order valence-electron chi connectivity index (χ3n) is 3.93. The molecule has 1 aliphatic rings. The van der Waals surface area contributed by atoms with Gasteiger partial charge in [-0.05, 0) is 19.3 Å². The first-order valence-electron chi connectivity index (χ1n) is 7.53. The molecular weight excluding hydrogens is 238 g/mol. The fraction of sp³-hybridized carbons (Fsp3) is 0.733. The molecule has 106 valence electrons. The lowest BCUT2D eigenvalue weighted by molar-refractivity contribution is -0.123. The van der Waals surface area contributed by atoms with E-state index in [1.807, 2.05) is 24.2 Å². The number of nitrogens with zero attached hydrogens (tertiary/aromatic N) is 3. The van der Waals surface area contributed by atoms with Crippen molar-refractivity contribution in [1.29, 1.82) is 0 Å². The van der Waals surface area contributed by atoms with Gasteiger partial charge in [0.05, 0.1) is 0 Å². The Balaban J connectivity index is 2.09. The summed E-state index contributed by atoms with van der Waals surface area (Å²) >= 11 is 0. The number of amides is 1. The highest BCUT2D eigenvalue weighted by Gasteiger charge is 2.27. The zero-order chi connectivity index (χ0) is 13.7. The maximum atomic E-state index is 12.7. The number of anilines is 1. The number of carbonyl (C=O) groups excluding carboxylic acids is 1. The summed E-state index contributed by atoms with van der Waals surface area (Å²) in [5.41, 5.74) is 0. The molecule has 4 heteroatoms. The lowest BCUT2D eigenvalue weighted by atomic mass is 9.88. The molecule has 0 spiro atoms. The fourth-order valence-electron chi connectivity index (χ4n) is 2.77. The minimum Gasteiger partial charge on any atom is -0.295 e. The molecule has 19 heavy (non-hydrogen) atoms. The van der Waals surface area contributed by atoms with Crippen molar-refractivity contribution in [2.75, 3.05) is 11.4 Å². The molecule has 0 N–H and O–H groups in total. The van der Waals surface area contributed by atoms with E-state index in [4.69, 9.17) is 0 Å². The van der Waals surface area contributed by atoms with Crippen molar-refractivity contribution in [3.63, 3.8) is 0 Å². The molecule has 0 aliphatic heterocycles. The van der Waals surface area contributed by atoms with Crippen LogP contribution in [0.2, 0.25) is 0 Å². The number of hydrogen-bond acceptors (Lipinski definition) is 2. The Kier molecular flexibility index (Phi) is 5.00. The molecule has 1 heterocycles. The van der Waals surface area contributed by atoms with E-state index in [2.05, 4.69) is 12.0 Å². The number of unbranched alkanes of at least 4 members (excludes halogenated alkanes) is 1. The first-order chi connectivity index (χ1) is 9.22. The molecule has 1 aromatic rings. The number of hydrogen-bond donors (Lipinski definition) is 0. The fourth-order valence-corrected chi connectivity index (χ4v) is 2.77. The van der Waals surface area contributed by atoms with E-state index in [9.17, 15) is 4.79 Å². The molecule has 4 nitrogen and oxygen atoms in total. The summed E-state index contributed by atoms with van der Waals surface area (Å²) in [5, 5.41) is 4.40. The van der Waals surface area contributed by atoms with Crippen LogP contribution in [-0.2, 0) is 11.8 Å². The Morgan fingerprint density at radius 1 is 1.42 bits per heavy atom. The first kappa shape index (κ1) is 14.1. The highest BCUT2D eigenvalue weighted by molar-refractivity contribution is 5.94. The molecule has 0 saturated heterocycles. The van der Waals surface area contributed by atoms with Gasteiger partial charge in [0.2, 0.25) is 5.91 Å². The van der Waals surface area contributed by atoms with Crippen LogP contribution in [-0.4, -0.2) is 22.2 Å². The summed E-state index contributed by atoms with van der Waals surface area (Å²) in [6.45, 7) is 2.95. The number of aromatic nitrogens is 2. The largest absolute Gasteiger partial charge is 0.295 e. The second-order valence-electron chi connectivity index (χ2n) is 5.53. The van der Waals surface area contributed by atoms with Gasteiger partial charge in [0, 0.05) is 31.8 Å². The lowest BCUT2D eigenvalue weighted by Gasteiger charge is -2.27. The third kappa shape index (κ3) is 3.58. The Labute approximate surface area is 115 Å². The summed E-state index contributed by atoms with van der Waals surface area (Å²) in [7, 11) is 1.90. The first-order valence-corrected chi connectivity index (χ1v) is 7.53. The van der Waals surface area contributed by atoms with Crippen molar-refractivity contribution in [1.82, 2.24) is 9.78 Å². The predicted octanol–water partition coefficient (Wildman–Crippen LogP) is 3.13. The van der Waals surface area contributed by atoms with E-state index in [1.165, 1.54) is 19.3 Å². The van der Waals surface area contributed by atoms with E-state index < -0.39 is 0 Å². The highest BCUT2D eigenvalue weighted by Crippen LogP contribution is 2.27. The van der Waals surface area contributed by atoms with Crippen LogP contribution in [0, 0.1) is 5.92 Å². The van der Waals surface area contributed by atoms with Gasteiger partial charge in [-0.1, -0.05) is 32.6 Å². The minimum absolute atomic E-state index is 0.215. The lowest BCUT2D eigenvalue weighted by Crippen LogP contribution is -2.38. The predicted molar refractivity (Wildman–Crippen MR) is 77.0 cm³/mol. The van der Waals surface area contributed by atoms with Gasteiger partial charge >= 0.3 is 0 Å². The second-order valence-corrected chi connectivity index (χ2v) is 5.53. The summed E-state index contributed by atoms with van der Waals surface area (Å²) in [5.74, 6) is 1.31. The zero-order valence-electron chi connectivity index (χ0n) is 12.1. The molecule has 0 bridgehead atoms. The van der Waals surface area contributed by atoms with Gasteiger partial charge in [0.25, 0.3) is 0 Å². The van der Waals surface area contributed by atoms with E-state index in [-0.39, 0.29) is 11.8 Å². The van der Waals surface area contributed by atoms with Crippen molar-refractivity contribution in [3.05, 3.63) is 12.3 Å². The molecule has 1 amide bonds. The molecule has 0 unspecified atom stereocenters. The van der Waals surface area contributed by atoms with Crippen LogP contribution in [0.3, 0.4) is 0 Å². The SMILES string of the molecule is CCCCN(C(=O)C1CCCCC1)c1ccn(C)n1. The maximum absolute atomic E-state index is 12.7. The zero-order valence-corrected chi connectivity index (χ0v) is 12.1. The smallest absolute Gasteiger partial charge is 0.231 e. The second kappa shape index (κ2) is 6.73. The van der Waals surface area contributed by atoms with E-state index in [0.29, 0.717) is 0 Å². The van der Waals surface area contributed by atoms with Crippen LogP contribution >= 0.6 is 0 Å². The molecular formula is C15H25N3O. The Morgan fingerprint density at radius 3 is 2.74 bits per heavy atom. The Morgan fingerprint density at radius 2 is 2.16 bits per heavy atom. The average molecular weight is 263 g/mol. The summed E-state index contributed by atoms with van der Waals surface area (Å²) in [6, 6.07) is 1.94. The maximum Gasteiger partial charge on any atom is 0.231 e. The summed E-state index contributed by atoms with van der Waals surface area (Å²) in [6.07, 6.45) is 9.81. The van der Waals surface area contributed by atoms with Gasteiger partial charge in [0.1, 0.15) is 0 Å². The van der Waals surface area contributed by atoms with Gasteiger partial charge in [-0.2, -0.15) is 5.10 Å². The van der Waals surface area contributed by atoms with Crippen LogP contribution < -0.4 is 4.90 Å². The molecule has 0 atom stereocenters. The van der Waals surface area contributed by atoms with Crippen LogP contribution in [0.1, 0.15) is 51.9 Å². The van der Waals surface area contributed by atoms with Crippen molar-refractivity contribution >= 4 is 11.7 Å². The number of rotatable bonds is 5. The van der Waals surface area contributed by atoms with Crippen LogP contribution in [0.25, 0.3) is 0 Å². The minimum atomic E-state index is 0.215. The van der Waals surface area contributed by atoms with Gasteiger partial charge in [-0.25, -0.2) is 0 Å². The molecule has 1 aromatic heterocycles. The normalized spacial score (nSPS) is 16.5. The van der Waals surface area contributed by atoms with Crippen molar-refractivity contribution in [3.8, 4) is 0 Å². The monoisotopic (exact) mass is 263 g/mol. The molecule has 2 rings (SSSR count). The van der Waals surface area contributed by atoms with Crippen molar-refractivity contribution < 1.29 is 4.79 Å². The Bertz CT molecular complexity index is 407. The van der Waals surface area contributed by atoms with Gasteiger partial charge in [-0.3, -0.25) is 14.4 Å². The van der Waals surface area contributed by atoms with E-state index >= 15 is 0 Å². The van der Waals surface area contributed by atoms with Crippen LogP contribution in [0.4, 0.5) is 5.82 Å². The molecule has 1 fully saturated rings. The Hall–Kier alpha value is -1.32. The van der Waals surface area contributed by atoms with Gasteiger partial charge < -0.3 is 0 Å². The van der Waals surface area contributed by atoms with Crippen molar-refractivity contribution in [2.45, 2.75) is 51.9 Å². The van der Waals surface area contributed by atoms with E-state index in [0.717, 1.165) is 38.0 Å². The van der Waals surface area contributed by atoms with Gasteiger partial charge in [0.15, 0.2) is 5.82 Å². The third-order valence-corrected chi connectivity index (χ3v) is 3.93. The number of carbonyl (C=O) groups is 1. The topological polar surface area (TPSA) is 38.1 Å². The quantitative estimate of drug-likeness (QED) is 0.818. The molecule has 0 aromatic carbocycles. The molecule has 1 aliphatic carbocycles. The standard InChI is InChI=1S/C15H25N3O/c1-3-4-11-18(14-10-12-17(2)16-14)15(19)13-8-6-5-7-9-13/h10,12-13H,3-9,11H2,1-2H3. The van der Waals surface area contributed by atoms with Crippen LogP contribution in [0.5, 0.6) is 0 Å². The number of aryl methyl sites for hydroxylation is 1. The molecule has 0 radical (unpaired) electrons. The highest BCUT2D eigenvalue weighted by atomic mass is 16.2. The average Bonchev–Trinajstić information content (AvgIpc) is 2.86. The van der Waals surface area contributed by atoms with Crippen molar-refractivity contribution in [2.24, 2.45) is 13.0 Å². The molecule has 1 saturated carbocycles. The van der Waals surface area contributed by atoms with E-state index in [1.54, 1.807) is 4.68 Å². The van der Waals surface area contributed by atoms with Gasteiger partial charge in [-0.15, -0.1) is 0 Å². The summed E-state index contributed by atoms with van der Waals surface area (Å²) in [4.78, 5) is 14.6. The van der Waals surface area contributed by atoms with Crippen LogP contribution in [0.15, 0.2) is 12.3 Å².